The van der Waals surface area contributed by atoms with E-state index in [0.29, 0.717) is 0 Å². The van der Waals surface area contributed by atoms with Gasteiger partial charge < -0.3 is 10.5 Å². The molecule has 0 amide bonds. The Morgan fingerprint density at radius 3 is 2.06 bits per heavy atom. The topological polar surface area (TPSA) is 35.2 Å². The number of hydrogen-bond acceptors (Lipinski definition) is 2. The predicted octanol–water partition coefficient (Wildman–Crippen LogP) is 2.69. The lowest BCUT2D eigenvalue weighted by atomic mass is 9.87. The second kappa shape index (κ2) is 3.77. The molecule has 16 heavy (non-hydrogen) atoms. The van der Waals surface area contributed by atoms with E-state index in [1.54, 1.807) is 7.11 Å². The van der Waals surface area contributed by atoms with Crippen molar-refractivity contribution in [2.75, 3.05) is 7.11 Å². The molecule has 88 valence electrons. The third-order valence-corrected chi connectivity index (χ3v) is 3.90. The summed E-state index contributed by atoms with van der Waals surface area (Å²) in [7, 11) is 1.73. The number of ether oxygens (including phenoxy) is 1. The van der Waals surface area contributed by atoms with Crippen LogP contribution in [0.5, 0.6) is 5.75 Å². The highest BCUT2D eigenvalue weighted by atomic mass is 16.5. The molecule has 2 heteroatoms. The molecule has 2 rings (SSSR count). The Bertz CT molecular complexity index is 382. The molecule has 0 aromatic heterocycles. The zero-order valence-corrected chi connectivity index (χ0v) is 10.6. The van der Waals surface area contributed by atoms with Gasteiger partial charge in [0.05, 0.1) is 7.11 Å². The van der Waals surface area contributed by atoms with Crippen molar-refractivity contribution < 1.29 is 4.74 Å². The summed E-state index contributed by atoms with van der Waals surface area (Å²) in [5.41, 5.74) is 10.2. The fraction of sp³-hybridized carbons (Fsp3) is 0.571. The van der Waals surface area contributed by atoms with Gasteiger partial charge >= 0.3 is 0 Å². The molecule has 1 aromatic rings. The van der Waals surface area contributed by atoms with Crippen LogP contribution < -0.4 is 10.5 Å². The molecule has 1 aromatic carbocycles. The highest BCUT2D eigenvalue weighted by Gasteiger charge is 2.47. The van der Waals surface area contributed by atoms with Crippen molar-refractivity contribution in [3.8, 4) is 5.75 Å². The Hall–Kier alpha value is -1.02. The van der Waals surface area contributed by atoms with Crippen LogP contribution >= 0.6 is 0 Å². The molecule has 1 fully saturated rings. The first kappa shape index (κ1) is 11.5. The van der Waals surface area contributed by atoms with Crippen LogP contribution in [0.2, 0.25) is 0 Å². The van der Waals surface area contributed by atoms with Gasteiger partial charge in [0, 0.05) is 11.5 Å². The van der Waals surface area contributed by atoms with E-state index in [0.717, 1.165) is 5.75 Å². The van der Waals surface area contributed by atoms with Gasteiger partial charge in [-0.15, -0.1) is 0 Å². The molecule has 1 aliphatic carbocycles. The Labute approximate surface area is 97.8 Å². The Morgan fingerprint density at radius 2 is 1.75 bits per heavy atom. The van der Waals surface area contributed by atoms with Gasteiger partial charge in [0.25, 0.3) is 0 Å². The first-order valence-electron chi connectivity index (χ1n) is 5.92. The van der Waals surface area contributed by atoms with Crippen LogP contribution in [0.3, 0.4) is 0 Å². The smallest absolute Gasteiger partial charge is 0.124 e. The fourth-order valence-electron chi connectivity index (χ4n) is 2.70. The number of nitrogens with two attached hydrogens (primary N) is 1. The van der Waals surface area contributed by atoms with Gasteiger partial charge in [-0.3, -0.25) is 0 Å². The number of rotatable bonds is 3. The van der Waals surface area contributed by atoms with Crippen molar-refractivity contribution >= 4 is 0 Å². The van der Waals surface area contributed by atoms with E-state index in [1.807, 2.05) is 0 Å². The average Bonchev–Trinajstić information content (AvgIpc) is 2.97. The van der Waals surface area contributed by atoms with Crippen LogP contribution in [-0.2, 0) is 5.41 Å². The standard InChI is InChI=1S/C14H21NO/c1-9-7-12(8-10(2)13(9)16-4)14(5-6-14)11(3)15/h7-8,11H,5-6,15H2,1-4H3. The van der Waals surface area contributed by atoms with Crippen molar-refractivity contribution in [2.24, 2.45) is 5.73 Å². The first-order chi connectivity index (χ1) is 7.51. The van der Waals surface area contributed by atoms with Crippen LogP contribution in [0.25, 0.3) is 0 Å². The van der Waals surface area contributed by atoms with Crippen molar-refractivity contribution in [1.29, 1.82) is 0 Å². The van der Waals surface area contributed by atoms with Gasteiger partial charge in [0.15, 0.2) is 0 Å². The maximum absolute atomic E-state index is 6.10. The Kier molecular flexibility index (Phi) is 2.70. The zero-order valence-electron chi connectivity index (χ0n) is 10.6. The SMILES string of the molecule is COc1c(C)cc(C2(C(C)N)CC2)cc1C. The van der Waals surface area contributed by atoms with Crippen molar-refractivity contribution in [1.82, 2.24) is 0 Å². The van der Waals surface area contributed by atoms with E-state index in [4.69, 9.17) is 10.5 Å². The third-order valence-electron chi connectivity index (χ3n) is 3.90. The van der Waals surface area contributed by atoms with Crippen LogP contribution in [0.4, 0.5) is 0 Å². The summed E-state index contributed by atoms with van der Waals surface area (Å²) in [6.45, 7) is 6.32. The van der Waals surface area contributed by atoms with Crippen molar-refractivity contribution in [3.05, 3.63) is 28.8 Å². The molecule has 1 aliphatic rings. The minimum Gasteiger partial charge on any atom is -0.496 e. The average molecular weight is 219 g/mol. The summed E-state index contributed by atoms with van der Waals surface area (Å²) in [4.78, 5) is 0. The molecular formula is C14H21NO. The van der Waals surface area contributed by atoms with Crippen LogP contribution in [0.15, 0.2) is 12.1 Å². The lowest BCUT2D eigenvalue weighted by Crippen LogP contribution is -2.31. The van der Waals surface area contributed by atoms with Gasteiger partial charge in [-0.25, -0.2) is 0 Å². The molecule has 1 unspecified atom stereocenters. The molecule has 0 bridgehead atoms. The summed E-state index contributed by atoms with van der Waals surface area (Å²) in [5.74, 6) is 1.00. The summed E-state index contributed by atoms with van der Waals surface area (Å²) < 4.78 is 5.39. The summed E-state index contributed by atoms with van der Waals surface area (Å²) in [6, 6.07) is 4.71. The third kappa shape index (κ3) is 1.61. The van der Waals surface area contributed by atoms with Crippen molar-refractivity contribution in [3.63, 3.8) is 0 Å². The molecule has 0 saturated heterocycles. The Balaban J connectivity index is 2.45. The quantitative estimate of drug-likeness (QED) is 0.848. The normalized spacial score (nSPS) is 19.3. The van der Waals surface area contributed by atoms with Crippen molar-refractivity contribution in [2.45, 2.75) is 45.1 Å². The predicted molar refractivity (Wildman–Crippen MR) is 67.0 cm³/mol. The molecule has 0 heterocycles. The number of aryl methyl sites for hydroxylation is 2. The number of benzene rings is 1. The Morgan fingerprint density at radius 1 is 1.25 bits per heavy atom. The summed E-state index contributed by atoms with van der Waals surface area (Å²) in [5, 5.41) is 0. The van der Waals surface area contributed by atoms with Crippen LogP contribution in [-0.4, -0.2) is 13.2 Å². The molecule has 0 aliphatic heterocycles. The van der Waals surface area contributed by atoms with E-state index in [1.165, 1.54) is 29.5 Å². The molecule has 1 atom stereocenters. The van der Waals surface area contributed by atoms with Crippen LogP contribution in [0.1, 0.15) is 36.5 Å². The van der Waals surface area contributed by atoms with Gasteiger partial charge in [-0.05, 0) is 50.3 Å². The van der Waals surface area contributed by atoms with E-state index >= 15 is 0 Å². The molecule has 2 nitrogen and oxygen atoms in total. The molecular weight excluding hydrogens is 198 g/mol. The van der Waals surface area contributed by atoms with E-state index in [2.05, 4.69) is 32.9 Å². The lowest BCUT2D eigenvalue weighted by molar-refractivity contribution is 0.408. The minimum absolute atomic E-state index is 0.236. The van der Waals surface area contributed by atoms with E-state index in [-0.39, 0.29) is 11.5 Å². The van der Waals surface area contributed by atoms with E-state index in [9.17, 15) is 0 Å². The van der Waals surface area contributed by atoms with E-state index < -0.39 is 0 Å². The largest absolute Gasteiger partial charge is 0.496 e. The molecule has 2 N–H and O–H groups in total. The zero-order chi connectivity index (χ0) is 11.9. The lowest BCUT2D eigenvalue weighted by Gasteiger charge is -2.22. The van der Waals surface area contributed by atoms with Crippen LogP contribution in [0, 0.1) is 13.8 Å². The van der Waals surface area contributed by atoms with Gasteiger partial charge in [0.2, 0.25) is 0 Å². The number of hydrogen-bond donors (Lipinski definition) is 1. The molecule has 1 saturated carbocycles. The maximum Gasteiger partial charge on any atom is 0.124 e. The molecule has 0 spiro atoms. The fourth-order valence-corrected chi connectivity index (χ4v) is 2.70. The maximum atomic E-state index is 6.10. The minimum atomic E-state index is 0.236. The molecule has 0 radical (unpaired) electrons. The first-order valence-corrected chi connectivity index (χ1v) is 5.92. The summed E-state index contributed by atoms with van der Waals surface area (Å²) >= 11 is 0. The second-order valence-corrected chi connectivity index (χ2v) is 5.09. The van der Waals surface area contributed by atoms with Gasteiger partial charge in [-0.1, -0.05) is 12.1 Å². The monoisotopic (exact) mass is 219 g/mol. The van der Waals surface area contributed by atoms with Gasteiger partial charge in [-0.2, -0.15) is 0 Å². The van der Waals surface area contributed by atoms with Gasteiger partial charge in [0.1, 0.15) is 5.75 Å². The number of methoxy groups -OCH3 is 1. The second-order valence-electron chi connectivity index (χ2n) is 5.09. The highest BCUT2D eigenvalue weighted by Crippen LogP contribution is 2.51. The summed E-state index contributed by atoms with van der Waals surface area (Å²) in [6.07, 6.45) is 2.44. The highest BCUT2D eigenvalue weighted by molar-refractivity contribution is 5.47.